The number of nitrogens with zero attached hydrogens (tertiary/aromatic N) is 2. The zero-order chi connectivity index (χ0) is 14.0. The SMILES string of the molecule is O=C(NCC1CCC1)c1cnc(Cl)nc1C(F)(F)F. The third-order valence-corrected chi connectivity index (χ3v) is 3.23. The van der Waals surface area contributed by atoms with Crippen molar-refractivity contribution in [1.82, 2.24) is 15.3 Å². The molecule has 0 radical (unpaired) electrons. The maximum atomic E-state index is 12.7. The summed E-state index contributed by atoms with van der Waals surface area (Å²) >= 11 is 5.33. The zero-order valence-electron chi connectivity index (χ0n) is 9.80. The molecule has 1 N–H and O–H groups in total. The molecule has 0 atom stereocenters. The monoisotopic (exact) mass is 293 g/mol. The van der Waals surface area contributed by atoms with Gasteiger partial charge in [-0.3, -0.25) is 4.79 Å². The number of halogens is 4. The van der Waals surface area contributed by atoms with E-state index in [2.05, 4.69) is 15.3 Å². The molecule has 1 heterocycles. The van der Waals surface area contributed by atoms with Gasteiger partial charge in [0, 0.05) is 12.7 Å². The second-order valence-corrected chi connectivity index (χ2v) is 4.74. The Morgan fingerprint density at radius 3 is 2.68 bits per heavy atom. The lowest BCUT2D eigenvalue weighted by Crippen LogP contribution is -2.33. The van der Waals surface area contributed by atoms with E-state index in [1.807, 2.05) is 0 Å². The summed E-state index contributed by atoms with van der Waals surface area (Å²) in [4.78, 5) is 18.3. The van der Waals surface area contributed by atoms with Crippen molar-refractivity contribution in [2.75, 3.05) is 6.54 Å². The van der Waals surface area contributed by atoms with E-state index in [9.17, 15) is 18.0 Å². The Morgan fingerprint density at radius 2 is 2.16 bits per heavy atom. The number of amides is 1. The lowest BCUT2D eigenvalue weighted by atomic mass is 9.85. The quantitative estimate of drug-likeness (QED) is 0.872. The number of nitrogens with one attached hydrogen (secondary N) is 1. The van der Waals surface area contributed by atoms with Crippen LogP contribution in [0.5, 0.6) is 0 Å². The molecule has 1 aliphatic carbocycles. The van der Waals surface area contributed by atoms with Crippen molar-refractivity contribution in [3.05, 3.63) is 22.7 Å². The molecule has 19 heavy (non-hydrogen) atoms. The maximum absolute atomic E-state index is 12.7. The highest BCUT2D eigenvalue weighted by Crippen LogP contribution is 2.31. The normalized spacial score (nSPS) is 16.0. The number of hydrogen-bond donors (Lipinski definition) is 1. The Balaban J connectivity index is 2.15. The summed E-state index contributed by atoms with van der Waals surface area (Å²) in [7, 11) is 0. The number of rotatable bonds is 3. The summed E-state index contributed by atoms with van der Waals surface area (Å²) < 4.78 is 38.2. The van der Waals surface area contributed by atoms with Gasteiger partial charge < -0.3 is 5.32 Å². The Hall–Kier alpha value is -1.37. The van der Waals surface area contributed by atoms with E-state index in [1.54, 1.807) is 0 Å². The fraction of sp³-hybridized carbons (Fsp3) is 0.545. The minimum absolute atomic E-state index is 0.353. The molecule has 1 saturated carbocycles. The average molecular weight is 294 g/mol. The van der Waals surface area contributed by atoms with Crippen molar-refractivity contribution in [3.8, 4) is 0 Å². The van der Waals surface area contributed by atoms with Crippen LogP contribution < -0.4 is 5.32 Å². The Kier molecular flexibility index (Phi) is 3.93. The molecule has 1 amide bonds. The highest BCUT2D eigenvalue weighted by molar-refractivity contribution is 6.28. The smallest absolute Gasteiger partial charge is 0.352 e. The van der Waals surface area contributed by atoms with Gasteiger partial charge in [-0.25, -0.2) is 9.97 Å². The first-order valence-corrected chi connectivity index (χ1v) is 6.13. The van der Waals surface area contributed by atoms with Gasteiger partial charge in [0.05, 0.1) is 5.56 Å². The van der Waals surface area contributed by atoms with Crippen LogP contribution >= 0.6 is 11.6 Å². The minimum Gasteiger partial charge on any atom is -0.352 e. The minimum atomic E-state index is -4.74. The number of hydrogen-bond acceptors (Lipinski definition) is 3. The van der Waals surface area contributed by atoms with E-state index in [0.29, 0.717) is 12.5 Å². The summed E-state index contributed by atoms with van der Waals surface area (Å²) in [5, 5.41) is 1.93. The summed E-state index contributed by atoms with van der Waals surface area (Å²) in [5.41, 5.74) is -1.91. The molecule has 1 fully saturated rings. The number of carbonyl (C=O) groups is 1. The van der Waals surface area contributed by atoms with E-state index < -0.39 is 28.6 Å². The van der Waals surface area contributed by atoms with Gasteiger partial charge in [0.1, 0.15) is 0 Å². The van der Waals surface area contributed by atoms with Crippen LogP contribution in [0.25, 0.3) is 0 Å². The molecule has 8 heteroatoms. The Bertz CT molecular complexity index is 489. The fourth-order valence-electron chi connectivity index (χ4n) is 1.77. The molecule has 0 saturated heterocycles. The summed E-state index contributed by atoms with van der Waals surface area (Å²) in [6.45, 7) is 0.374. The van der Waals surface area contributed by atoms with Crippen molar-refractivity contribution in [2.24, 2.45) is 5.92 Å². The Labute approximate surface area is 112 Å². The van der Waals surface area contributed by atoms with E-state index in [-0.39, 0.29) is 0 Å². The van der Waals surface area contributed by atoms with Gasteiger partial charge >= 0.3 is 6.18 Å². The van der Waals surface area contributed by atoms with E-state index in [4.69, 9.17) is 11.6 Å². The molecule has 1 aromatic heterocycles. The molecule has 0 bridgehead atoms. The van der Waals surface area contributed by atoms with Crippen molar-refractivity contribution in [2.45, 2.75) is 25.4 Å². The van der Waals surface area contributed by atoms with Gasteiger partial charge in [0.15, 0.2) is 5.69 Å². The molecular formula is C11H11ClF3N3O. The molecule has 0 spiro atoms. The summed E-state index contributed by atoms with van der Waals surface area (Å²) in [6, 6.07) is 0. The average Bonchev–Trinajstić information content (AvgIpc) is 2.25. The predicted octanol–water partition coefficient (Wildman–Crippen LogP) is 2.68. The van der Waals surface area contributed by atoms with Gasteiger partial charge in [0.2, 0.25) is 5.28 Å². The van der Waals surface area contributed by atoms with E-state index in [1.165, 1.54) is 0 Å². The predicted molar refractivity (Wildman–Crippen MR) is 61.7 cm³/mol. The molecule has 2 rings (SSSR count). The lowest BCUT2D eigenvalue weighted by Gasteiger charge is -2.25. The van der Waals surface area contributed by atoms with Crippen molar-refractivity contribution < 1.29 is 18.0 Å². The molecule has 0 unspecified atom stereocenters. The van der Waals surface area contributed by atoms with Crippen molar-refractivity contribution in [1.29, 1.82) is 0 Å². The van der Waals surface area contributed by atoms with Gasteiger partial charge in [-0.15, -0.1) is 0 Å². The molecule has 0 aromatic carbocycles. The molecule has 1 aromatic rings. The maximum Gasteiger partial charge on any atom is 0.434 e. The van der Waals surface area contributed by atoms with Gasteiger partial charge in [-0.05, 0) is 30.4 Å². The molecule has 104 valence electrons. The second kappa shape index (κ2) is 5.32. The van der Waals surface area contributed by atoms with Crippen LogP contribution in [0.4, 0.5) is 13.2 Å². The first-order valence-electron chi connectivity index (χ1n) is 5.76. The van der Waals surface area contributed by atoms with Crippen molar-refractivity contribution >= 4 is 17.5 Å². The third-order valence-electron chi connectivity index (χ3n) is 3.05. The van der Waals surface area contributed by atoms with Crippen LogP contribution in [0.3, 0.4) is 0 Å². The second-order valence-electron chi connectivity index (χ2n) is 4.41. The van der Waals surface area contributed by atoms with Crippen LogP contribution in [0.15, 0.2) is 6.20 Å². The molecule has 4 nitrogen and oxygen atoms in total. The molecule has 1 aliphatic rings. The highest BCUT2D eigenvalue weighted by atomic mass is 35.5. The zero-order valence-corrected chi connectivity index (χ0v) is 10.6. The van der Waals surface area contributed by atoms with Crippen LogP contribution in [0, 0.1) is 5.92 Å². The largest absolute Gasteiger partial charge is 0.434 e. The van der Waals surface area contributed by atoms with Crippen LogP contribution in [0.2, 0.25) is 5.28 Å². The number of alkyl halides is 3. The van der Waals surface area contributed by atoms with Gasteiger partial charge in [-0.2, -0.15) is 13.2 Å². The fourth-order valence-corrected chi connectivity index (χ4v) is 1.91. The summed E-state index contributed by atoms with van der Waals surface area (Å²) in [5.74, 6) is -0.470. The first kappa shape index (κ1) is 14.0. The first-order chi connectivity index (χ1) is 8.88. The van der Waals surface area contributed by atoms with E-state index >= 15 is 0 Å². The Morgan fingerprint density at radius 1 is 1.47 bits per heavy atom. The molecular weight excluding hydrogens is 283 g/mol. The number of carbonyl (C=O) groups excluding carboxylic acids is 1. The van der Waals surface area contributed by atoms with Crippen LogP contribution in [0.1, 0.15) is 35.3 Å². The van der Waals surface area contributed by atoms with E-state index in [0.717, 1.165) is 25.5 Å². The number of aromatic nitrogens is 2. The lowest BCUT2D eigenvalue weighted by molar-refractivity contribution is -0.141. The summed E-state index contributed by atoms with van der Waals surface area (Å²) in [6.07, 6.45) is -0.866. The van der Waals surface area contributed by atoms with Crippen LogP contribution in [-0.4, -0.2) is 22.4 Å². The van der Waals surface area contributed by atoms with Gasteiger partial charge in [0.25, 0.3) is 5.91 Å². The topological polar surface area (TPSA) is 54.9 Å². The molecule has 0 aliphatic heterocycles. The third kappa shape index (κ3) is 3.34. The van der Waals surface area contributed by atoms with Crippen LogP contribution in [-0.2, 0) is 6.18 Å². The van der Waals surface area contributed by atoms with Crippen molar-refractivity contribution in [3.63, 3.8) is 0 Å². The van der Waals surface area contributed by atoms with Gasteiger partial charge in [-0.1, -0.05) is 6.42 Å². The standard InChI is InChI=1S/C11H11ClF3N3O/c12-10-17-5-7(8(18-10)11(13,14)15)9(19)16-4-6-2-1-3-6/h5-6H,1-4H2,(H,16,19). The highest BCUT2D eigenvalue weighted by Gasteiger charge is 2.38.